The highest BCUT2D eigenvalue weighted by Crippen LogP contribution is 2.28. The fraction of sp³-hybridized carbons (Fsp3) is 0.0476. The number of benzene rings is 3. The molecule has 0 amide bonds. The van der Waals surface area contributed by atoms with Crippen LogP contribution in [0.2, 0.25) is 0 Å². The second-order valence-electron chi connectivity index (χ2n) is 6.38. The molecule has 3 aromatic carbocycles. The van der Waals surface area contributed by atoms with Gasteiger partial charge < -0.3 is 11.5 Å². The third-order valence-electron chi connectivity index (χ3n) is 4.58. The van der Waals surface area contributed by atoms with E-state index in [2.05, 4.69) is 10.2 Å². The first-order valence-corrected chi connectivity index (χ1v) is 8.43. The molecule has 0 radical (unpaired) electrons. The van der Waals surface area contributed by atoms with Crippen molar-refractivity contribution in [3.8, 4) is 11.1 Å². The molecule has 5 N–H and O–H groups in total. The van der Waals surface area contributed by atoms with Crippen LogP contribution in [0.5, 0.6) is 0 Å². The standard InChI is InChI=1S/C21H17FN4O/c22-17-9-12(5-7-14(17)13-6-8-18(23)19(24)11-13)10-20-15-3-1-2-4-16(15)21(27)26-25-20/h1-9,11H,10,23-24H2,(H,26,27). The van der Waals surface area contributed by atoms with Crippen molar-refractivity contribution in [3.05, 3.63) is 88.1 Å². The highest BCUT2D eigenvalue weighted by atomic mass is 19.1. The molecule has 0 bridgehead atoms. The molecule has 1 aromatic heterocycles. The van der Waals surface area contributed by atoms with Crippen molar-refractivity contribution in [3.63, 3.8) is 0 Å². The number of halogens is 1. The van der Waals surface area contributed by atoms with E-state index in [9.17, 15) is 9.18 Å². The van der Waals surface area contributed by atoms with E-state index in [1.807, 2.05) is 18.2 Å². The molecule has 0 aliphatic carbocycles. The number of nitrogens with two attached hydrogens (primary N) is 2. The number of aromatic nitrogens is 2. The quantitative estimate of drug-likeness (QED) is 0.487. The second-order valence-corrected chi connectivity index (χ2v) is 6.38. The Balaban J connectivity index is 1.71. The van der Waals surface area contributed by atoms with Crippen LogP contribution in [0.4, 0.5) is 15.8 Å². The molecule has 1 heterocycles. The van der Waals surface area contributed by atoms with Crippen LogP contribution in [0.15, 0.2) is 65.5 Å². The van der Waals surface area contributed by atoms with Crippen molar-refractivity contribution in [2.24, 2.45) is 0 Å². The molecule has 0 spiro atoms. The summed E-state index contributed by atoms with van der Waals surface area (Å²) < 4.78 is 14.7. The van der Waals surface area contributed by atoms with Gasteiger partial charge in [-0.15, -0.1) is 0 Å². The Morgan fingerprint density at radius 1 is 0.926 bits per heavy atom. The fourth-order valence-corrected chi connectivity index (χ4v) is 3.14. The van der Waals surface area contributed by atoms with Gasteiger partial charge >= 0.3 is 0 Å². The van der Waals surface area contributed by atoms with E-state index in [-0.39, 0.29) is 11.4 Å². The number of nitrogens with zero attached hydrogens (tertiary/aromatic N) is 1. The molecule has 134 valence electrons. The molecule has 27 heavy (non-hydrogen) atoms. The van der Waals surface area contributed by atoms with E-state index >= 15 is 0 Å². The molecule has 0 fully saturated rings. The lowest BCUT2D eigenvalue weighted by atomic mass is 9.99. The molecule has 4 aromatic rings. The van der Waals surface area contributed by atoms with Crippen LogP contribution >= 0.6 is 0 Å². The maximum absolute atomic E-state index is 14.7. The van der Waals surface area contributed by atoms with Gasteiger partial charge in [0, 0.05) is 17.4 Å². The zero-order valence-electron chi connectivity index (χ0n) is 14.4. The highest BCUT2D eigenvalue weighted by molar-refractivity contribution is 5.83. The fourth-order valence-electron chi connectivity index (χ4n) is 3.14. The van der Waals surface area contributed by atoms with Gasteiger partial charge in [0.1, 0.15) is 5.82 Å². The summed E-state index contributed by atoms with van der Waals surface area (Å²) in [5.74, 6) is -0.356. The lowest BCUT2D eigenvalue weighted by Gasteiger charge is -2.09. The van der Waals surface area contributed by atoms with Crippen LogP contribution in [0, 0.1) is 5.82 Å². The summed E-state index contributed by atoms with van der Waals surface area (Å²) in [5, 5.41) is 7.97. The Morgan fingerprint density at radius 2 is 1.70 bits per heavy atom. The summed E-state index contributed by atoms with van der Waals surface area (Å²) in [6.07, 6.45) is 0.401. The van der Waals surface area contributed by atoms with Gasteiger partial charge in [0.05, 0.1) is 22.5 Å². The van der Waals surface area contributed by atoms with Gasteiger partial charge in [-0.1, -0.05) is 36.4 Å². The predicted molar refractivity (Wildman–Crippen MR) is 106 cm³/mol. The van der Waals surface area contributed by atoms with Gasteiger partial charge in [-0.25, -0.2) is 9.49 Å². The number of nitrogen functional groups attached to an aromatic ring is 2. The van der Waals surface area contributed by atoms with Gasteiger partial charge in [0.25, 0.3) is 5.56 Å². The van der Waals surface area contributed by atoms with Crippen molar-refractivity contribution in [2.75, 3.05) is 11.5 Å². The number of anilines is 2. The highest BCUT2D eigenvalue weighted by Gasteiger charge is 2.11. The molecular formula is C21H17FN4O. The van der Waals surface area contributed by atoms with Crippen molar-refractivity contribution < 1.29 is 4.39 Å². The summed E-state index contributed by atoms with van der Waals surface area (Å²) in [6.45, 7) is 0. The van der Waals surface area contributed by atoms with Crippen LogP contribution < -0.4 is 17.0 Å². The van der Waals surface area contributed by atoms with Crippen LogP contribution in [-0.4, -0.2) is 10.2 Å². The SMILES string of the molecule is Nc1ccc(-c2ccc(Cc3n[nH]c(=O)c4ccccc34)cc2F)cc1N. The number of rotatable bonds is 3. The zero-order valence-corrected chi connectivity index (χ0v) is 14.4. The van der Waals surface area contributed by atoms with Crippen LogP contribution in [0.25, 0.3) is 21.9 Å². The van der Waals surface area contributed by atoms with Crippen molar-refractivity contribution in [1.82, 2.24) is 10.2 Å². The summed E-state index contributed by atoms with van der Waals surface area (Å²) >= 11 is 0. The first kappa shape index (κ1) is 16.8. The Morgan fingerprint density at radius 3 is 2.44 bits per heavy atom. The van der Waals surface area contributed by atoms with Gasteiger partial charge in [0.15, 0.2) is 0 Å². The second kappa shape index (κ2) is 6.57. The van der Waals surface area contributed by atoms with Crippen LogP contribution in [0.3, 0.4) is 0 Å². The molecule has 6 heteroatoms. The molecule has 0 saturated carbocycles. The average molecular weight is 360 g/mol. The van der Waals surface area contributed by atoms with E-state index in [0.717, 1.165) is 10.9 Å². The molecule has 0 aliphatic rings. The van der Waals surface area contributed by atoms with Gasteiger partial charge in [-0.2, -0.15) is 5.10 Å². The number of hydrogen-bond donors (Lipinski definition) is 3. The summed E-state index contributed by atoms with van der Waals surface area (Å²) in [7, 11) is 0. The first-order valence-electron chi connectivity index (χ1n) is 8.43. The smallest absolute Gasteiger partial charge is 0.272 e. The van der Waals surface area contributed by atoms with Gasteiger partial charge in [0.2, 0.25) is 0 Å². The Bertz CT molecular complexity index is 1220. The number of hydrogen-bond acceptors (Lipinski definition) is 4. The lowest BCUT2D eigenvalue weighted by molar-refractivity contribution is 0.629. The Labute approximate surface area is 154 Å². The Hall–Kier alpha value is -3.67. The van der Waals surface area contributed by atoms with Gasteiger partial charge in [-0.05, 0) is 35.4 Å². The minimum atomic E-state index is -0.356. The van der Waals surface area contributed by atoms with E-state index in [0.29, 0.717) is 40.0 Å². The topological polar surface area (TPSA) is 97.8 Å². The van der Waals surface area contributed by atoms with E-state index < -0.39 is 0 Å². The van der Waals surface area contributed by atoms with Crippen molar-refractivity contribution in [1.29, 1.82) is 0 Å². The predicted octanol–water partition coefficient (Wildman–Crippen LogP) is 3.48. The molecule has 4 rings (SSSR count). The largest absolute Gasteiger partial charge is 0.397 e. The minimum absolute atomic E-state index is 0.239. The summed E-state index contributed by atoms with van der Waals surface area (Å²) in [4.78, 5) is 11.9. The van der Waals surface area contributed by atoms with Gasteiger partial charge in [-0.3, -0.25) is 4.79 Å². The molecule has 0 aliphatic heterocycles. The van der Waals surface area contributed by atoms with Crippen molar-refractivity contribution >= 4 is 22.1 Å². The van der Waals surface area contributed by atoms with E-state index in [4.69, 9.17) is 11.5 Å². The zero-order chi connectivity index (χ0) is 19.0. The monoisotopic (exact) mass is 360 g/mol. The van der Waals surface area contributed by atoms with Crippen LogP contribution in [0.1, 0.15) is 11.3 Å². The number of H-pyrrole nitrogens is 1. The molecular weight excluding hydrogens is 343 g/mol. The summed E-state index contributed by atoms with van der Waals surface area (Å²) in [5.41, 5.74) is 14.7. The normalized spacial score (nSPS) is 11.0. The number of fused-ring (bicyclic) bond motifs is 1. The third-order valence-corrected chi connectivity index (χ3v) is 4.58. The molecule has 0 unspecified atom stereocenters. The Kier molecular flexibility index (Phi) is 4.08. The minimum Gasteiger partial charge on any atom is -0.397 e. The molecule has 0 saturated heterocycles. The summed E-state index contributed by atoms with van der Waals surface area (Å²) in [6, 6.07) is 17.3. The molecule has 5 nitrogen and oxygen atoms in total. The lowest BCUT2D eigenvalue weighted by Crippen LogP contribution is -2.11. The van der Waals surface area contributed by atoms with Crippen molar-refractivity contribution in [2.45, 2.75) is 6.42 Å². The number of aromatic amines is 1. The average Bonchev–Trinajstić information content (AvgIpc) is 2.67. The third kappa shape index (κ3) is 3.13. The number of nitrogens with one attached hydrogen (secondary N) is 1. The van der Waals surface area contributed by atoms with Crippen LogP contribution in [-0.2, 0) is 6.42 Å². The first-order chi connectivity index (χ1) is 13.0. The molecule has 0 atom stereocenters. The van der Waals surface area contributed by atoms with E-state index in [1.165, 1.54) is 6.07 Å². The maximum atomic E-state index is 14.7. The maximum Gasteiger partial charge on any atom is 0.272 e. The van der Waals surface area contributed by atoms with E-state index in [1.54, 1.807) is 36.4 Å².